The molecule has 1 aliphatic rings. The van der Waals surface area contributed by atoms with Crippen molar-refractivity contribution in [2.24, 2.45) is 0 Å². The third-order valence-electron chi connectivity index (χ3n) is 5.47. The number of carbonyl (C=O) groups is 2. The molecular weight excluding hydrogens is 574 g/mol. The Morgan fingerprint density at radius 3 is 2.12 bits per heavy atom. The number of benzene rings is 1. The largest absolute Gasteiger partial charge is 0.455 e. The minimum Gasteiger partial charge on any atom is -0.455 e. The summed E-state index contributed by atoms with van der Waals surface area (Å²) in [6.07, 6.45) is -1.65. The molecule has 0 unspecified atom stereocenters. The van der Waals surface area contributed by atoms with Crippen LogP contribution in [0.2, 0.25) is 0 Å². The number of hydrogen-bond acceptors (Lipinski definition) is 13. The van der Waals surface area contributed by atoms with Crippen molar-refractivity contribution in [3.05, 3.63) is 58.6 Å². The predicted octanol–water partition coefficient (Wildman–Crippen LogP) is -0.0612. The summed E-state index contributed by atoms with van der Waals surface area (Å²) in [6.45, 7) is 0.527. The van der Waals surface area contributed by atoms with Crippen molar-refractivity contribution in [3.63, 3.8) is 0 Å². The lowest BCUT2D eigenvalue weighted by Crippen LogP contribution is -2.53. The van der Waals surface area contributed by atoms with Crippen molar-refractivity contribution in [1.29, 1.82) is 0 Å². The van der Waals surface area contributed by atoms with Crippen LogP contribution in [0.1, 0.15) is 25.6 Å². The Morgan fingerprint density at radius 1 is 1.02 bits per heavy atom. The van der Waals surface area contributed by atoms with Gasteiger partial charge in [-0.1, -0.05) is 30.3 Å². The van der Waals surface area contributed by atoms with Crippen molar-refractivity contribution in [1.82, 2.24) is 9.55 Å². The van der Waals surface area contributed by atoms with Crippen LogP contribution in [0.5, 0.6) is 0 Å². The number of aromatic nitrogens is 2. The van der Waals surface area contributed by atoms with Crippen LogP contribution in [0.25, 0.3) is 0 Å². The van der Waals surface area contributed by atoms with Gasteiger partial charge in [0.15, 0.2) is 17.9 Å². The Labute approximate surface area is 230 Å². The molecule has 40 heavy (non-hydrogen) atoms. The number of hydrogen-bond donors (Lipinski definition) is 1. The van der Waals surface area contributed by atoms with Gasteiger partial charge in [0, 0.05) is 20.0 Å². The number of carbonyl (C=O) groups excluding carboxylic acids is 2. The summed E-state index contributed by atoms with van der Waals surface area (Å²) in [6, 6.07) is 9.98. The Balaban J connectivity index is 2.14. The number of nitrogens with one attached hydrogen (secondary N) is 1. The van der Waals surface area contributed by atoms with E-state index in [-0.39, 0.29) is 12.4 Å². The van der Waals surface area contributed by atoms with Crippen LogP contribution < -0.4 is 11.0 Å². The number of amides is 1. The molecule has 1 fully saturated rings. The summed E-state index contributed by atoms with van der Waals surface area (Å²) < 4.78 is 76.4. The summed E-state index contributed by atoms with van der Waals surface area (Å²) in [4.78, 5) is 40.3. The summed E-state index contributed by atoms with van der Waals surface area (Å²) in [5, 5.41) is 2.36. The molecule has 1 saturated heterocycles. The molecule has 1 N–H and O–H groups in total. The van der Waals surface area contributed by atoms with Gasteiger partial charge in [0.25, 0.3) is 20.2 Å². The van der Waals surface area contributed by atoms with E-state index in [1.165, 1.54) is 19.2 Å². The van der Waals surface area contributed by atoms with Gasteiger partial charge in [-0.3, -0.25) is 22.5 Å². The van der Waals surface area contributed by atoms with E-state index >= 15 is 0 Å². The Bertz CT molecular complexity index is 1460. The summed E-state index contributed by atoms with van der Waals surface area (Å²) >= 11 is 0. The van der Waals surface area contributed by atoms with Gasteiger partial charge in [0.05, 0.1) is 19.1 Å². The van der Waals surface area contributed by atoms with Crippen molar-refractivity contribution in [3.8, 4) is 0 Å². The van der Waals surface area contributed by atoms with Crippen molar-refractivity contribution >= 4 is 37.9 Å². The maximum atomic E-state index is 13.0. The molecule has 1 aliphatic heterocycles. The van der Waals surface area contributed by atoms with Gasteiger partial charge in [-0.2, -0.15) is 21.8 Å². The highest BCUT2D eigenvalue weighted by Gasteiger charge is 2.60. The lowest BCUT2D eigenvalue weighted by atomic mass is 9.96. The van der Waals surface area contributed by atoms with Crippen LogP contribution in [-0.4, -0.2) is 81.8 Å². The summed E-state index contributed by atoms with van der Waals surface area (Å²) in [5.74, 6) is -1.37. The zero-order chi connectivity index (χ0) is 29.7. The first-order valence-corrected chi connectivity index (χ1v) is 15.3. The molecule has 17 heteroatoms. The lowest BCUT2D eigenvalue weighted by Gasteiger charge is -2.33. The van der Waals surface area contributed by atoms with Crippen molar-refractivity contribution in [2.45, 2.75) is 44.5 Å². The third-order valence-corrected chi connectivity index (χ3v) is 6.56. The second-order valence-corrected chi connectivity index (χ2v) is 12.3. The zero-order valence-electron chi connectivity index (χ0n) is 22.0. The number of nitrogens with zero attached hydrogens (tertiary/aromatic N) is 2. The molecule has 2 aromatic rings. The fraction of sp³-hybridized carbons (Fsp3) is 0.478. The maximum absolute atomic E-state index is 13.0. The van der Waals surface area contributed by atoms with Gasteiger partial charge in [0.1, 0.15) is 25.1 Å². The van der Waals surface area contributed by atoms with Crippen LogP contribution >= 0.6 is 0 Å². The minimum atomic E-state index is -4.11. The first-order valence-electron chi connectivity index (χ1n) is 11.6. The molecule has 1 amide bonds. The van der Waals surface area contributed by atoms with Gasteiger partial charge in [-0.25, -0.2) is 4.79 Å². The molecule has 15 nitrogen and oxygen atoms in total. The molecule has 0 radical (unpaired) electrons. The molecule has 220 valence electrons. The molecule has 0 spiro atoms. The highest BCUT2D eigenvalue weighted by molar-refractivity contribution is 7.86. The standard InChI is InChI=1S/C23H29N3O12S2/c1-15(27)24-18-10-11-26(22(29)25-18)21-19(37-16(2)28)20(34-12-17-8-6-5-7-9-17)23(38-21,13-35-39(3,30)31)14-36-40(4,32)33/h5-11,19-21H,12-14H2,1-4H3,(H,24,25,27,29)/t19-,20+,21-/m1/s1. The highest BCUT2D eigenvalue weighted by Crippen LogP contribution is 2.42. The first kappa shape index (κ1) is 31.3. The van der Waals surface area contributed by atoms with E-state index in [2.05, 4.69) is 10.3 Å². The number of esters is 1. The normalized spacial score (nSPS) is 20.6. The molecule has 1 aromatic heterocycles. The zero-order valence-corrected chi connectivity index (χ0v) is 23.6. The molecule has 3 rings (SSSR count). The first-order chi connectivity index (χ1) is 18.6. The molecule has 0 bridgehead atoms. The Kier molecular flexibility index (Phi) is 9.81. The minimum absolute atomic E-state index is 0.0697. The highest BCUT2D eigenvalue weighted by atomic mass is 32.2. The SMILES string of the molecule is CC(=O)Nc1ccn([C@@H]2OC(COS(C)(=O)=O)(COS(C)(=O)=O)[C@@H](OCc3ccccc3)[C@H]2OC(C)=O)c(=O)n1. The number of anilines is 1. The molecule has 3 atom stereocenters. The topological polar surface area (TPSA) is 195 Å². The quantitative estimate of drug-likeness (QED) is 0.250. The van der Waals surface area contributed by atoms with Crippen LogP contribution in [-0.2, 0) is 59.0 Å². The predicted molar refractivity (Wildman–Crippen MR) is 138 cm³/mol. The third kappa shape index (κ3) is 8.64. The molecule has 1 aromatic carbocycles. The Hall–Kier alpha value is -3.22. The number of rotatable bonds is 12. The van der Waals surface area contributed by atoms with Gasteiger partial charge >= 0.3 is 11.7 Å². The fourth-order valence-electron chi connectivity index (χ4n) is 3.90. The maximum Gasteiger partial charge on any atom is 0.351 e. The fourth-order valence-corrected chi connectivity index (χ4v) is 4.73. The van der Waals surface area contributed by atoms with E-state index in [4.69, 9.17) is 22.6 Å². The van der Waals surface area contributed by atoms with Crippen molar-refractivity contribution < 1.29 is 49.0 Å². The molecular formula is C23H29N3O12S2. The Morgan fingerprint density at radius 2 is 1.62 bits per heavy atom. The molecule has 0 saturated carbocycles. The summed E-state index contributed by atoms with van der Waals surface area (Å²) in [7, 11) is -8.22. The van der Waals surface area contributed by atoms with E-state index < -0.39 is 75.1 Å². The van der Waals surface area contributed by atoms with E-state index in [0.29, 0.717) is 5.56 Å². The van der Waals surface area contributed by atoms with E-state index in [1.807, 2.05) is 0 Å². The van der Waals surface area contributed by atoms with E-state index in [1.54, 1.807) is 30.3 Å². The van der Waals surface area contributed by atoms with Gasteiger partial charge < -0.3 is 19.5 Å². The molecule has 0 aliphatic carbocycles. The van der Waals surface area contributed by atoms with Gasteiger partial charge in [-0.05, 0) is 11.6 Å². The second-order valence-electron chi connectivity index (χ2n) is 8.98. The van der Waals surface area contributed by atoms with E-state index in [9.17, 15) is 31.2 Å². The van der Waals surface area contributed by atoms with E-state index in [0.717, 1.165) is 24.0 Å². The van der Waals surface area contributed by atoms with Crippen LogP contribution in [0.4, 0.5) is 5.82 Å². The average Bonchev–Trinajstić information content (AvgIpc) is 3.12. The lowest BCUT2D eigenvalue weighted by molar-refractivity contribution is -0.159. The number of ether oxygens (including phenoxy) is 3. The van der Waals surface area contributed by atoms with Crippen molar-refractivity contribution in [2.75, 3.05) is 31.0 Å². The van der Waals surface area contributed by atoms with Crippen LogP contribution in [0.3, 0.4) is 0 Å². The van der Waals surface area contributed by atoms with Crippen LogP contribution in [0, 0.1) is 0 Å². The summed E-state index contributed by atoms with van der Waals surface area (Å²) in [5.41, 5.74) is -2.33. The van der Waals surface area contributed by atoms with Gasteiger partial charge in [0.2, 0.25) is 5.91 Å². The molecule has 2 heterocycles. The second kappa shape index (κ2) is 12.5. The monoisotopic (exact) mass is 603 g/mol. The smallest absolute Gasteiger partial charge is 0.351 e. The average molecular weight is 604 g/mol. The van der Waals surface area contributed by atoms with Crippen LogP contribution in [0.15, 0.2) is 47.4 Å². The van der Waals surface area contributed by atoms with Gasteiger partial charge in [-0.15, -0.1) is 0 Å².